The normalized spacial score (nSPS) is 10.7. The number of aromatic nitrogens is 4. The van der Waals surface area contributed by atoms with Crippen LogP contribution in [0, 0.1) is 6.92 Å². The van der Waals surface area contributed by atoms with Gasteiger partial charge in [0.25, 0.3) is 0 Å². The first kappa shape index (κ1) is 10.8. The summed E-state index contributed by atoms with van der Waals surface area (Å²) in [6.07, 6.45) is 0. The van der Waals surface area contributed by atoms with Crippen LogP contribution in [0.3, 0.4) is 0 Å². The Morgan fingerprint density at radius 1 is 1.11 bits per heavy atom. The topological polar surface area (TPSA) is 89.6 Å². The van der Waals surface area contributed by atoms with Crippen molar-refractivity contribution in [1.82, 2.24) is 19.3 Å². The zero-order valence-electron chi connectivity index (χ0n) is 9.58. The molecule has 0 aliphatic carbocycles. The van der Waals surface area contributed by atoms with E-state index in [1.54, 1.807) is 0 Å². The Bertz CT molecular complexity index is 708. The highest BCUT2D eigenvalue weighted by Gasteiger charge is 2.08. The number of benzene rings is 1. The first-order valence-corrected chi connectivity index (χ1v) is 6.09. The molecule has 0 fully saturated rings. The van der Waals surface area contributed by atoms with Gasteiger partial charge in [0.1, 0.15) is 5.82 Å². The second-order valence-corrected chi connectivity index (χ2v) is 4.47. The van der Waals surface area contributed by atoms with E-state index in [-0.39, 0.29) is 0 Å². The summed E-state index contributed by atoms with van der Waals surface area (Å²) in [6, 6.07) is 7.57. The summed E-state index contributed by atoms with van der Waals surface area (Å²) in [4.78, 5) is 12.9. The van der Waals surface area contributed by atoms with Gasteiger partial charge >= 0.3 is 0 Å². The number of nitrogens with zero attached hydrogens (tertiary/aromatic N) is 4. The number of hydrogen-bond donors (Lipinski definition) is 2. The van der Waals surface area contributed by atoms with Crippen molar-refractivity contribution in [2.75, 3.05) is 11.1 Å². The molecule has 0 aliphatic rings. The van der Waals surface area contributed by atoms with Gasteiger partial charge in [-0.3, -0.25) is 0 Å². The first-order chi connectivity index (χ1) is 8.72. The Balaban J connectivity index is 2.03. The van der Waals surface area contributed by atoms with E-state index in [1.165, 1.54) is 11.5 Å². The third-order valence-corrected chi connectivity index (χ3v) is 3.07. The average Bonchev–Trinajstić information content (AvgIpc) is 2.76. The van der Waals surface area contributed by atoms with Crippen LogP contribution in [0.5, 0.6) is 0 Å². The highest BCUT2D eigenvalue weighted by molar-refractivity contribution is 7.09. The van der Waals surface area contributed by atoms with Crippen molar-refractivity contribution in [3.63, 3.8) is 0 Å². The Kier molecular flexibility index (Phi) is 2.52. The molecule has 0 saturated carbocycles. The van der Waals surface area contributed by atoms with E-state index in [0.717, 1.165) is 16.9 Å². The largest absolute Gasteiger partial charge is 0.381 e. The third-order valence-electron chi connectivity index (χ3n) is 2.35. The number of nitrogens with two attached hydrogens (primary N) is 1. The van der Waals surface area contributed by atoms with E-state index in [4.69, 9.17) is 5.73 Å². The van der Waals surface area contributed by atoms with Crippen molar-refractivity contribution in [2.24, 2.45) is 0 Å². The van der Waals surface area contributed by atoms with Crippen LogP contribution < -0.4 is 11.1 Å². The predicted octanol–water partition coefficient (Wildman–Crippen LogP) is 2.12. The maximum absolute atomic E-state index is 5.86. The predicted molar refractivity (Wildman–Crippen MR) is 71.9 cm³/mol. The van der Waals surface area contributed by atoms with Crippen LogP contribution in [0.4, 0.5) is 16.8 Å². The molecule has 2 aromatic heterocycles. The first-order valence-electron chi connectivity index (χ1n) is 5.32. The van der Waals surface area contributed by atoms with Crippen LogP contribution >= 0.6 is 11.5 Å². The monoisotopic (exact) mass is 258 g/mol. The van der Waals surface area contributed by atoms with E-state index in [1.807, 2.05) is 31.2 Å². The van der Waals surface area contributed by atoms with Gasteiger partial charge in [0.05, 0.1) is 11.0 Å². The third kappa shape index (κ3) is 1.95. The molecule has 1 aromatic carbocycles. The van der Waals surface area contributed by atoms with Crippen molar-refractivity contribution in [3.05, 3.63) is 30.1 Å². The van der Waals surface area contributed by atoms with Gasteiger partial charge in [-0.1, -0.05) is 12.1 Å². The van der Waals surface area contributed by atoms with Crippen LogP contribution in [0.2, 0.25) is 0 Å². The van der Waals surface area contributed by atoms with Crippen LogP contribution in [0.25, 0.3) is 11.0 Å². The van der Waals surface area contributed by atoms with Gasteiger partial charge in [0.2, 0.25) is 5.13 Å². The molecule has 18 heavy (non-hydrogen) atoms. The molecule has 6 nitrogen and oxygen atoms in total. The van der Waals surface area contributed by atoms with E-state index < -0.39 is 0 Å². The SMILES string of the molecule is Cc1nsc(Nc2nc3ccccc3nc2N)n1. The van der Waals surface area contributed by atoms with Crippen molar-refractivity contribution in [2.45, 2.75) is 6.92 Å². The lowest BCUT2D eigenvalue weighted by Crippen LogP contribution is -2.02. The zero-order chi connectivity index (χ0) is 12.5. The molecule has 0 saturated heterocycles. The summed E-state index contributed by atoms with van der Waals surface area (Å²) < 4.78 is 4.08. The zero-order valence-corrected chi connectivity index (χ0v) is 10.4. The smallest absolute Gasteiger partial charge is 0.208 e. The summed E-state index contributed by atoms with van der Waals surface area (Å²) in [5.74, 6) is 1.57. The fourth-order valence-electron chi connectivity index (χ4n) is 1.55. The molecule has 0 radical (unpaired) electrons. The fourth-order valence-corrected chi connectivity index (χ4v) is 2.13. The van der Waals surface area contributed by atoms with Crippen LogP contribution in [0.1, 0.15) is 5.82 Å². The maximum atomic E-state index is 5.86. The molecule has 0 atom stereocenters. The van der Waals surface area contributed by atoms with Gasteiger partial charge in [-0.15, -0.1) is 0 Å². The van der Waals surface area contributed by atoms with Gasteiger partial charge in [-0.2, -0.15) is 4.37 Å². The second-order valence-electron chi connectivity index (χ2n) is 3.72. The van der Waals surface area contributed by atoms with Gasteiger partial charge < -0.3 is 11.1 Å². The van der Waals surface area contributed by atoms with E-state index in [9.17, 15) is 0 Å². The molecule has 90 valence electrons. The minimum Gasteiger partial charge on any atom is -0.381 e. The lowest BCUT2D eigenvalue weighted by Gasteiger charge is -2.05. The second kappa shape index (κ2) is 4.19. The van der Waals surface area contributed by atoms with E-state index in [2.05, 4.69) is 24.6 Å². The van der Waals surface area contributed by atoms with Gasteiger partial charge in [-0.05, 0) is 19.1 Å². The lowest BCUT2D eigenvalue weighted by molar-refractivity contribution is 1.16. The minimum absolute atomic E-state index is 0.349. The molecular formula is C11H10N6S. The number of hydrogen-bond acceptors (Lipinski definition) is 7. The van der Waals surface area contributed by atoms with Crippen molar-refractivity contribution in [3.8, 4) is 0 Å². The van der Waals surface area contributed by atoms with Crippen LogP contribution in [0.15, 0.2) is 24.3 Å². The van der Waals surface area contributed by atoms with Gasteiger partial charge in [0.15, 0.2) is 11.6 Å². The summed E-state index contributed by atoms with van der Waals surface area (Å²) in [5.41, 5.74) is 7.42. The molecule has 7 heteroatoms. The van der Waals surface area contributed by atoms with Gasteiger partial charge in [-0.25, -0.2) is 15.0 Å². The van der Waals surface area contributed by atoms with Crippen molar-refractivity contribution in [1.29, 1.82) is 0 Å². The Morgan fingerprint density at radius 2 is 1.83 bits per heavy atom. The summed E-state index contributed by atoms with van der Waals surface area (Å²) in [6.45, 7) is 1.83. The molecular weight excluding hydrogens is 248 g/mol. The molecule has 3 aromatic rings. The standard InChI is InChI=1S/C11H10N6S/c1-6-13-11(18-17-6)16-10-9(12)14-7-4-2-3-5-8(7)15-10/h2-5H,1H3,(H2,12,14)(H,13,15,16,17). The quantitative estimate of drug-likeness (QED) is 0.731. The molecule has 2 heterocycles. The Hall–Kier alpha value is -2.28. The molecule has 0 aliphatic heterocycles. The molecule has 0 spiro atoms. The Labute approximate surface area is 107 Å². The van der Waals surface area contributed by atoms with Crippen molar-refractivity contribution >= 4 is 39.3 Å². The van der Waals surface area contributed by atoms with E-state index >= 15 is 0 Å². The number of nitrogen functional groups attached to an aromatic ring is 1. The molecule has 3 rings (SSSR count). The van der Waals surface area contributed by atoms with Crippen LogP contribution in [-0.2, 0) is 0 Å². The summed E-state index contributed by atoms with van der Waals surface area (Å²) in [5, 5.41) is 3.69. The Morgan fingerprint density at radius 3 is 2.50 bits per heavy atom. The fraction of sp³-hybridized carbons (Fsp3) is 0.0909. The number of anilines is 3. The number of rotatable bonds is 2. The van der Waals surface area contributed by atoms with Crippen LogP contribution in [-0.4, -0.2) is 19.3 Å². The minimum atomic E-state index is 0.349. The van der Waals surface area contributed by atoms with Gasteiger partial charge in [0, 0.05) is 11.5 Å². The molecule has 0 amide bonds. The molecule has 3 N–H and O–H groups in total. The summed E-state index contributed by atoms with van der Waals surface area (Å²) >= 11 is 1.26. The molecule has 0 unspecified atom stereocenters. The summed E-state index contributed by atoms with van der Waals surface area (Å²) in [7, 11) is 0. The average molecular weight is 258 g/mol. The van der Waals surface area contributed by atoms with E-state index in [0.29, 0.717) is 16.8 Å². The number of para-hydroxylation sites is 2. The lowest BCUT2D eigenvalue weighted by atomic mass is 10.3. The number of fused-ring (bicyclic) bond motifs is 1. The highest BCUT2D eigenvalue weighted by Crippen LogP contribution is 2.23. The van der Waals surface area contributed by atoms with Crippen molar-refractivity contribution < 1.29 is 0 Å². The number of aryl methyl sites for hydroxylation is 1. The maximum Gasteiger partial charge on any atom is 0.208 e. The molecule has 0 bridgehead atoms. The number of nitrogens with one attached hydrogen (secondary N) is 1. The highest BCUT2D eigenvalue weighted by atomic mass is 32.1.